The van der Waals surface area contributed by atoms with E-state index in [0.29, 0.717) is 5.02 Å². The van der Waals surface area contributed by atoms with Gasteiger partial charge < -0.3 is 10.2 Å². The Hall–Kier alpha value is -0.570. The van der Waals surface area contributed by atoms with Crippen LogP contribution < -0.4 is 0 Å². The van der Waals surface area contributed by atoms with Crippen molar-refractivity contribution in [3.8, 4) is 0 Å². The first-order valence-corrected chi connectivity index (χ1v) is 8.54. The largest absolute Gasteiger partial charge is 0.395 e. The van der Waals surface area contributed by atoms with E-state index >= 15 is 0 Å². The fourth-order valence-corrected chi connectivity index (χ4v) is 3.16. The van der Waals surface area contributed by atoms with E-state index in [9.17, 15) is 10.2 Å². The molecule has 0 atom stereocenters. The predicted octanol–water partition coefficient (Wildman–Crippen LogP) is 4.70. The van der Waals surface area contributed by atoms with Crippen LogP contribution in [0.2, 0.25) is 5.02 Å². The summed E-state index contributed by atoms with van der Waals surface area (Å²) in [5.41, 5.74) is 0.254. The lowest BCUT2D eigenvalue weighted by Gasteiger charge is -2.31. The molecule has 0 heterocycles. The molecule has 0 aliphatic carbocycles. The molecular formula is C18H29ClO2. The lowest BCUT2D eigenvalue weighted by atomic mass is 9.77. The van der Waals surface area contributed by atoms with Gasteiger partial charge in [-0.15, -0.1) is 0 Å². The first kappa shape index (κ1) is 18.5. The van der Waals surface area contributed by atoms with E-state index in [1.807, 2.05) is 24.3 Å². The molecule has 1 rings (SSSR count). The van der Waals surface area contributed by atoms with Gasteiger partial charge in [-0.25, -0.2) is 0 Å². The monoisotopic (exact) mass is 312 g/mol. The number of unbranched alkanes of at least 4 members (excludes halogenated alkanes) is 6. The number of benzene rings is 1. The average molecular weight is 313 g/mol. The second-order valence-electron chi connectivity index (χ2n) is 5.95. The van der Waals surface area contributed by atoms with Crippen molar-refractivity contribution in [1.82, 2.24) is 0 Å². The summed E-state index contributed by atoms with van der Waals surface area (Å²) in [5.74, 6) is 0. The molecule has 1 aromatic carbocycles. The smallest absolute Gasteiger partial charge is 0.0550 e. The number of rotatable bonds is 11. The molecule has 0 aromatic heterocycles. The van der Waals surface area contributed by atoms with Crippen LogP contribution in [0.3, 0.4) is 0 Å². The van der Waals surface area contributed by atoms with Crippen LogP contribution in [0, 0.1) is 0 Å². The normalized spacial score (nSPS) is 11.8. The minimum absolute atomic E-state index is 0.0664. The molecule has 0 saturated carbocycles. The molecule has 1 aromatic rings. The minimum atomic E-state index is -0.609. The molecule has 0 fully saturated rings. The maximum absolute atomic E-state index is 9.81. The third-order valence-electron chi connectivity index (χ3n) is 4.31. The maximum Gasteiger partial charge on any atom is 0.0550 e. The number of halogens is 1. The number of hydrogen-bond donors (Lipinski definition) is 2. The highest BCUT2D eigenvalue weighted by Gasteiger charge is 2.32. The van der Waals surface area contributed by atoms with E-state index in [0.717, 1.165) is 24.8 Å². The van der Waals surface area contributed by atoms with Crippen molar-refractivity contribution in [1.29, 1.82) is 0 Å². The number of aliphatic hydroxyl groups is 2. The van der Waals surface area contributed by atoms with Crippen LogP contribution in [-0.4, -0.2) is 23.4 Å². The van der Waals surface area contributed by atoms with Gasteiger partial charge in [-0.05, 0) is 18.1 Å². The molecule has 0 aliphatic rings. The molecule has 120 valence electrons. The van der Waals surface area contributed by atoms with Crippen molar-refractivity contribution in [2.24, 2.45) is 0 Å². The molecule has 0 bridgehead atoms. The van der Waals surface area contributed by atoms with Gasteiger partial charge in [0.1, 0.15) is 0 Å². The van der Waals surface area contributed by atoms with Crippen LogP contribution in [0.5, 0.6) is 0 Å². The molecule has 2 nitrogen and oxygen atoms in total. The van der Waals surface area contributed by atoms with E-state index < -0.39 is 5.41 Å². The Balaban J connectivity index is 2.52. The van der Waals surface area contributed by atoms with E-state index in [4.69, 9.17) is 11.6 Å². The highest BCUT2D eigenvalue weighted by molar-refractivity contribution is 6.31. The van der Waals surface area contributed by atoms with Crippen molar-refractivity contribution in [2.75, 3.05) is 13.2 Å². The van der Waals surface area contributed by atoms with Crippen molar-refractivity contribution in [3.05, 3.63) is 34.9 Å². The summed E-state index contributed by atoms with van der Waals surface area (Å²) < 4.78 is 0. The Labute approximate surface area is 134 Å². The van der Waals surface area contributed by atoms with Gasteiger partial charge in [-0.1, -0.05) is 81.7 Å². The lowest BCUT2D eigenvalue weighted by molar-refractivity contribution is 0.107. The SMILES string of the molecule is CCCCCCCCCC(CO)(CO)c1ccccc1Cl. The van der Waals surface area contributed by atoms with Gasteiger partial charge in [0, 0.05) is 10.4 Å². The van der Waals surface area contributed by atoms with Crippen LogP contribution in [0.4, 0.5) is 0 Å². The summed E-state index contributed by atoms with van der Waals surface area (Å²) in [6.45, 7) is 2.09. The topological polar surface area (TPSA) is 40.5 Å². The summed E-state index contributed by atoms with van der Waals surface area (Å²) in [7, 11) is 0. The van der Waals surface area contributed by atoms with Gasteiger partial charge in [0.2, 0.25) is 0 Å². The van der Waals surface area contributed by atoms with Crippen LogP contribution in [0.1, 0.15) is 63.9 Å². The van der Waals surface area contributed by atoms with E-state index in [1.54, 1.807) is 0 Å². The zero-order valence-electron chi connectivity index (χ0n) is 13.2. The molecule has 21 heavy (non-hydrogen) atoms. The molecule has 3 heteroatoms. The molecule has 2 N–H and O–H groups in total. The predicted molar refractivity (Wildman–Crippen MR) is 89.9 cm³/mol. The first-order valence-electron chi connectivity index (χ1n) is 8.17. The second-order valence-corrected chi connectivity index (χ2v) is 6.35. The van der Waals surface area contributed by atoms with Gasteiger partial charge in [-0.3, -0.25) is 0 Å². The van der Waals surface area contributed by atoms with Gasteiger partial charge in [0.05, 0.1) is 13.2 Å². The standard InChI is InChI=1S/C18H29ClO2/c1-2-3-4-5-6-7-10-13-18(14-20,15-21)16-11-8-9-12-17(16)19/h8-9,11-12,20-21H,2-7,10,13-15H2,1H3. The molecule has 0 unspecified atom stereocenters. The molecular weight excluding hydrogens is 284 g/mol. The second kappa shape index (κ2) is 10.2. The van der Waals surface area contributed by atoms with Crippen molar-refractivity contribution in [2.45, 2.75) is 63.7 Å². The Morgan fingerprint density at radius 1 is 0.905 bits per heavy atom. The Kier molecular flexibility index (Phi) is 8.98. The zero-order valence-corrected chi connectivity index (χ0v) is 13.9. The fourth-order valence-electron chi connectivity index (χ4n) is 2.82. The quantitative estimate of drug-likeness (QED) is 0.581. The van der Waals surface area contributed by atoms with E-state index in [1.165, 1.54) is 32.1 Å². The van der Waals surface area contributed by atoms with E-state index in [2.05, 4.69) is 6.92 Å². The summed E-state index contributed by atoms with van der Waals surface area (Å²) in [6.07, 6.45) is 9.35. The van der Waals surface area contributed by atoms with Crippen molar-refractivity contribution >= 4 is 11.6 Å². The van der Waals surface area contributed by atoms with Crippen LogP contribution in [-0.2, 0) is 5.41 Å². The highest BCUT2D eigenvalue weighted by Crippen LogP contribution is 2.34. The third-order valence-corrected chi connectivity index (χ3v) is 4.64. The fraction of sp³-hybridized carbons (Fsp3) is 0.667. The minimum Gasteiger partial charge on any atom is -0.395 e. The van der Waals surface area contributed by atoms with Gasteiger partial charge in [-0.2, -0.15) is 0 Å². The van der Waals surface area contributed by atoms with Crippen LogP contribution in [0.15, 0.2) is 24.3 Å². The van der Waals surface area contributed by atoms with Gasteiger partial charge in [0.15, 0.2) is 0 Å². The zero-order chi connectivity index (χ0) is 15.6. The van der Waals surface area contributed by atoms with Crippen molar-refractivity contribution in [3.63, 3.8) is 0 Å². The summed E-state index contributed by atoms with van der Waals surface area (Å²) in [4.78, 5) is 0. The Bertz CT molecular complexity index is 389. The van der Waals surface area contributed by atoms with Gasteiger partial charge in [0.25, 0.3) is 0 Å². The summed E-state index contributed by atoms with van der Waals surface area (Å²) in [6, 6.07) is 7.52. The Morgan fingerprint density at radius 2 is 1.48 bits per heavy atom. The van der Waals surface area contributed by atoms with Gasteiger partial charge >= 0.3 is 0 Å². The molecule has 0 amide bonds. The molecule has 0 spiro atoms. The highest BCUT2D eigenvalue weighted by atomic mass is 35.5. The van der Waals surface area contributed by atoms with Crippen LogP contribution in [0.25, 0.3) is 0 Å². The summed E-state index contributed by atoms with van der Waals surface area (Å²) in [5, 5.41) is 20.2. The first-order chi connectivity index (χ1) is 10.2. The van der Waals surface area contributed by atoms with E-state index in [-0.39, 0.29) is 13.2 Å². The lowest BCUT2D eigenvalue weighted by Crippen LogP contribution is -2.35. The number of hydrogen-bond acceptors (Lipinski definition) is 2. The Morgan fingerprint density at radius 3 is 2.05 bits per heavy atom. The van der Waals surface area contributed by atoms with Crippen molar-refractivity contribution < 1.29 is 10.2 Å². The maximum atomic E-state index is 9.81. The molecule has 0 aliphatic heterocycles. The van der Waals surface area contributed by atoms with Crippen LogP contribution >= 0.6 is 11.6 Å². The average Bonchev–Trinajstić information content (AvgIpc) is 2.52. The molecule has 0 saturated heterocycles. The summed E-state index contributed by atoms with van der Waals surface area (Å²) >= 11 is 6.24. The number of aliphatic hydroxyl groups excluding tert-OH is 2. The third kappa shape index (κ3) is 5.61. The molecule has 0 radical (unpaired) electrons.